The van der Waals surface area contributed by atoms with Gasteiger partial charge in [0.2, 0.25) is 0 Å². The molecule has 0 aliphatic heterocycles. The molecule has 0 spiro atoms. The zero-order valence-corrected chi connectivity index (χ0v) is 15.8. The van der Waals surface area contributed by atoms with E-state index in [4.69, 9.17) is 0 Å². The van der Waals surface area contributed by atoms with Gasteiger partial charge in [0, 0.05) is 30.5 Å². The second-order valence-electron chi connectivity index (χ2n) is 6.10. The van der Waals surface area contributed by atoms with Crippen LogP contribution in [0.1, 0.15) is 28.0 Å². The minimum Gasteiger partial charge on any atom is -0.480 e. The molecule has 26 heavy (non-hydrogen) atoms. The van der Waals surface area contributed by atoms with Crippen molar-refractivity contribution in [2.45, 2.75) is 25.6 Å². The Morgan fingerprint density at radius 2 is 2.19 bits per heavy atom. The lowest BCUT2D eigenvalue weighted by atomic mass is 10.1. The van der Waals surface area contributed by atoms with Crippen molar-refractivity contribution in [3.63, 3.8) is 0 Å². The SMILES string of the molecule is CSCC[C@H](NC(=O)c1cccc(CN(C)Cc2cnc[nH]2)c1)C(=O)O. The minimum absolute atomic E-state index is 0.364. The first-order chi connectivity index (χ1) is 12.5. The highest BCUT2D eigenvalue weighted by Gasteiger charge is 2.20. The van der Waals surface area contributed by atoms with E-state index in [0.29, 0.717) is 30.8 Å². The van der Waals surface area contributed by atoms with Gasteiger partial charge in [-0.1, -0.05) is 12.1 Å². The molecule has 0 saturated heterocycles. The topological polar surface area (TPSA) is 98.3 Å². The Morgan fingerprint density at radius 3 is 2.85 bits per heavy atom. The number of hydrogen-bond donors (Lipinski definition) is 3. The molecule has 8 heteroatoms. The Kier molecular flexibility index (Phi) is 7.68. The molecule has 0 unspecified atom stereocenters. The predicted molar refractivity (Wildman–Crippen MR) is 102 cm³/mol. The summed E-state index contributed by atoms with van der Waals surface area (Å²) < 4.78 is 0. The first kappa shape index (κ1) is 20.0. The zero-order valence-electron chi connectivity index (χ0n) is 14.9. The molecule has 1 amide bonds. The van der Waals surface area contributed by atoms with E-state index >= 15 is 0 Å². The molecule has 1 heterocycles. The molecule has 2 aromatic rings. The highest BCUT2D eigenvalue weighted by atomic mass is 32.2. The number of hydrogen-bond acceptors (Lipinski definition) is 5. The number of nitrogens with zero attached hydrogens (tertiary/aromatic N) is 2. The number of imidazole rings is 1. The van der Waals surface area contributed by atoms with E-state index < -0.39 is 12.0 Å². The first-order valence-corrected chi connectivity index (χ1v) is 9.66. The van der Waals surface area contributed by atoms with Gasteiger partial charge in [-0.3, -0.25) is 9.69 Å². The van der Waals surface area contributed by atoms with Gasteiger partial charge in [-0.25, -0.2) is 9.78 Å². The smallest absolute Gasteiger partial charge is 0.326 e. The van der Waals surface area contributed by atoms with Crippen molar-refractivity contribution in [2.75, 3.05) is 19.1 Å². The van der Waals surface area contributed by atoms with E-state index in [-0.39, 0.29) is 5.91 Å². The quantitative estimate of drug-likeness (QED) is 0.586. The van der Waals surface area contributed by atoms with Crippen LogP contribution >= 0.6 is 11.8 Å². The third-order valence-corrected chi connectivity index (χ3v) is 4.49. The number of benzene rings is 1. The molecule has 1 aromatic carbocycles. The molecule has 0 aliphatic carbocycles. The Hall–Kier alpha value is -2.32. The van der Waals surface area contributed by atoms with Crippen LogP contribution in [-0.4, -0.2) is 56.9 Å². The summed E-state index contributed by atoms with van der Waals surface area (Å²) in [5, 5.41) is 11.9. The van der Waals surface area contributed by atoms with Gasteiger partial charge < -0.3 is 15.4 Å². The summed E-state index contributed by atoms with van der Waals surface area (Å²) in [4.78, 5) is 32.9. The van der Waals surface area contributed by atoms with Crippen LogP contribution in [0.2, 0.25) is 0 Å². The number of H-pyrrole nitrogens is 1. The maximum Gasteiger partial charge on any atom is 0.326 e. The summed E-state index contributed by atoms with van der Waals surface area (Å²) in [5.74, 6) is -0.699. The van der Waals surface area contributed by atoms with E-state index in [9.17, 15) is 14.7 Å². The maximum absolute atomic E-state index is 12.4. The van der Waals surface area contributed by atoms with Crippen molar-refractivity contribution < 1.29 is 14.7 Å². The molecule has 0 bridgehead atoms. The van der Waals surface area contributed by atoms with Crippen LogP contribution in [0.4, 0.5) is 0 Å². The lowest BCUT2D eigenvalue weighted by Crippen LogP contribution is -2.41. The monoisotopic (exact) mass is 376 g/mol. The van der Waals surface area contributed by atoms with E-state index in [1.165, 1.54) is 0 Å². The van der Waals surface area contributed by atoms with Crippen molar-refractivity contribution in [3.8, 4) is 0 Å². The molecule has 140 valence electrons. The maximum atomic E-state index is 12.4. The van der Waals surface area contributed by atoms with Crippen molar-refractivity contribution >= 4 is 23.6 Å². The number of amides is 1. The second kappa shape index (κ2) is 9.98. The number of rotatable bonds is 10. The number of thioether (sulfide) groups is 1. The number of carbonyl (C=O) groups excluding carboxylic acids is 1. The van der Waals surface area contributed by atoms with Crippen molar-refractivity contribution in [1.82, 2.24) is 20.2 Å². The summed E-state index contributed by atoms with van der Waals surface area (Å²) in [5.41, 5.74) is 2.46. The molecular formula is C18H24N4O3S. The average molecular weight is 376 g/mol. The number of nitrogens with one attached hydrogen (secondary N) is 2. The van der Waals surface area contributed by atoms with Crippen LogP contribution in [0.3, 0.4) is 0 Å². The van der Waals surface area contributed by atoms with Crippen molar-refractivity contribution in [3.05, 3.63) is 53.6 Å². The normalized spacial score (nSPS) is 12.1. The fraction of sp³-hybridized carbons (Fsp3) is 0.389. The van der Waals surface area contributed by atoms with Crippen LogP contribution in [0.15, 0.2) is 36.8 Å². The third-order valence-electron chi connectivity index (χ3n) is 3.85. The van der Waals surface area contributed by atoms with Gasteiger partial charge in [0.15, 0.2) is 0 Å². The molecule has 3 N–H and O–H groups in total. The second-order valence-corrected chi connectivity index (χ2v) is 7.08. The number of aliphatic carboxylic acids is 1. The van der Waals surface area contributed by atoms with Gasteiger partial charge in [-0.2, -0.15) is 11.8 Å². The van der Waals surface area contributed by atoms with Crippen LogP contribution in [0.25, 0.3) is 0 Å². The number of aromatic nitrogens is 2. The molecular weight excluding hydrogens is 352 g/mol. The minimum atomic E-state index is -1.01. The van der Waals surface area contributed by atoms with Gasteiger partial charge in [0.05, 0.1) is 6.33 Å². The Morgan fingerprint density at radius 1 is 1.38 bits per heavy atom. The highest BCUT2D eigenvalue weighted by Crippen LogP contribution is 2.10. The fourth-order valence-corrected chi connectivity index (χ4v) is 3.05. The van der Waals surface area contributed by atoms with Gasteiger partial charge in [-0.05, 0) is 43.2 Å². The highest BCUT2D eigenvalue weighted by molar-refractivity contribution is 7.98. The van der Waals surface area contributed by atoms with Gasteiger partial charge in [0.1, 0.15) is 6.04 Å². The van der Waals surface area contributed by atoms with Gasteiger partial charge in [-0.15, -0.1) is 0 Å². The van der Waals surface area contributed by atoms with Crippen molar-refractivity contribution in [1.29, 1.82) is 0 Å². The Bertz CT molecular complexity index is 721. The molecule has 1 atom stereocenters. The van der Waals surface area contributed by atoms with E-state index in [2.05, 4.69) is 20.2 Å². The predicted octanol–water partition coefficient (Wildman–Crippen LogP) is 1.98. The molecule has 0 aliphatic rings. The van der Waals surface area contributed by atoms with E-state index in [1.807, 2.05) is 25.4 Å². The molecule has 7 nitrogen and oxygen atoms in total. The van der Waals surface area contributed by atoms with Gasteiger partial charge >= 0.3 is 5.97 Å². The molecule has 2 rings (SSSR count). The van der Waals surface area contributed by atoms with Crippen LogP contribution in [0.5, 0.6) is 0 Å². The fourth-order valence-electron chi connectivity index (χ4n) is 2.58. The lowest BCUT2D eigenvalue weighted by Gasteiger charge is -2.17. The molecule has 1 aromatic heterocycles. The summed E-state index contributed by atoms with van der Waals surface area (Å²) in [7, 11) is 1.98. The summed E-state index contributed by atoms with van der Waals surface area (Å²) in [6, 6.07) is 6.38. The summed E-state index contributed by atoms with van der Waals surface area (Å²) >= 11 is 1.55. The number of carboxylic acids is 1. The van der Waals surface area contributed by atoms with Crippen LogP contribution in [-0.2, 0) is 17.9 Å². The van der Waals surface area contributed by atoms with E-state index in [0.717, 1.165) is 11.3 Å². The third kappa shape index (κ3) is 6.20. The van der Waals surface area contributed by atoms with Crippen LogP contribution < -0.4 is 5.32 Å². The van der Waals surface area contributed by atoms with Crippen molar-refractivity contribution in [2.24, 2.45) is 0 Å². The van der Waals surface area contributed by atoms with E-state index in [1.54, 1.807) is 36.4 Å². The number of carbonyl (C=O) groups is 2. The number of carboxylic acid groups (broad SMARTS) is 1. The largest absolute Gasteiger partial charge is 0.480 e. The lowest BCUT2D eigenvalue weighted by molar-refractivity contribution is -0.139. The standard InChI is InChI=1S/C18H24N4O3S/c1-22(11-15-9-19-12-20-15)10-13-4-3-5-14(8-13)17(23)21-16(18(24)25)6-7-26-2/h3-5,8-9,12,16H,6-7,10-11H2,1-2H3,(H,19,20)(H,21,23)(H,24,25)/t16-/m0/s1. The van der Waals surface area contributed by atoms with Crippen LogP contribution in [0, 0.1) is 0 Å². The summed E-state index contributed by atoms with van der Waals surface area (Å²) in [6.07, 6.45) is 5.73. The average Bonchev–Trinajstić information content (AvgIpc) is 3.11. The molecule has 0 radical (unpaired) electrons. The molecule has 0 fully saturated rings. The van der Waals surface area contributed by atoms with Gasteiger partial charge in [0.25, 0.3) is 5.91 Å². The zero-order chi connectivity index (χ0) is 18.9. The first-order valence-electron chi connectivity index (χ1n) is 8.27. The number of aromatic amines is 1. The summed E-state index contributed by atoms with van der Waals surface area (Å²) in [6.45, 7) is 1.38. The molecule has 0 saturated carbocycles. The Balaban J connectivity index is 1.98. The Labute approximate surface area is 157 Å².